The number of carbonyl (C=O) groups is 1. The summed E-state index contributed by atoms with van der Waals surface area (Å²) in [6, 6.07) is 0.372. The van der Waals surface area contributed by atoms with Gasteiger partial charge in [-0.15, -0.1) is 0 Å². The molecule has 2 N–H and O–H groups in total. The lowest BCUT2D eigenvalue weighted by molar-refractivity contribution is -0.149. The molecule has 0 radical (unpaired) electrons. The molecule has 2 atom stereocenters. The molecule has 0 aromatic rings. The molecule has 0 aliphatic carbocycles. The van der Waals surface area contributed by atoms with Gasteiger partial charge in [-0.2, -0.15) is 0 Å². The second-order valence-electron chi connectivity index (χ2n) is 4.37. The lowest BCUT2D eigenvalue weighted by Crippen LogP contribution is -2.38. The highest BCUT2D eigenvalue weighted by Gasteiger charge is 2.29. The molecule has 15 heavy (non-hydrogen) atoms. The fourth-order valence-corrected chi connectivity index (χ4v) is 1.87. The van der Waals surface area contributed by atoms with E-state index in [1.165, 1.54) is 0 Å². The first kappa shape index (κ1) is 12.5. The zero-order valence-corrected chi connectivity index (χ0v) is 9.88. The molecule has 1 aliphatic heterocycles. The fraction of sp³-hybridized carbons (Fsp3) is 0.909. The van der Waals surface area contributed by atoms with Gasteiger partial charge in [-0.05, 0) is 46.7 Å². The topological polar surface area (TPSA) is 50.4 Å². The van der Waals surface area contributed by atoms with Crippen molar-refractivity contribution in [3.05, 3.63) is 0 Å². The largest absolute Gasteiger partial charge is 0.462 e. The highest BCUT2D eigenvalue weighted by Crippen LogP contribution is 2.16. The average molecular weight is 214 g/mol. The second-order valence-corrected chi connectivity index (χ2v) is 4.37. The number of nitrogens with one attached hydrogen (secondary N) is 2. The predicted octanol–water partition coefficient (Wildman–Crippen LogP) is 0.668. The van der Waals surface area contributed by atoms with Gasteiger partial charge in [0.25, 0.3) is 0 Å². The minimum absolute atomic E-state index is 0.0179. The van der Waals surface area contributed by atoms with Crippen LogP contribution < -0.4 is 10.6 Å². The summed E-state index contributed by atoms with van der Waals surface area (Å²) >= 11 is 0. The van der Waals surface area contributed by atoms with Crippen molar-refractivity contribution in [3.63, 3.8) is 0 Å². The Kier molecular flexibility index (Phi) is 5.05. The molecule has 0 aromatic carbocycles. The quantitative estimate of drug-likeness (QED) is 0.660. The summed E-state index contributed by atoms with van der Waals surface area (Å²) < 4.78 is 5.17. The van der Waals surface area contributed by atoms with Crippen LogP contribution in [0.15, 0.2) is 0 Å². The zero-order valence-electron chi connectivity index (χ0n) is 9.88. The van der Waals surface area contributed by atoms with Crippen LogP contribution in [0.1, 0.15) is 33.1 Å². The van der Waals surface area contributed by atoms with E-state index < -0.39 is 0 Å². The van der Waals surface area contributed by atoms with Crippen molar-refractivity contribution in [1.29, 1.82) is 0 Å². The van der Waals surface area contributed by atoms with Crippen molar-refractivity contribution in [2.75, 3.05) is 13.6 Å². The maximum atomic E-state index is 11.6. The standard InChI is InChI=1S/C11H22N2O2/c1-8(2)15-11(14)10-5-4-9(13-10)6-7-12-3/h8-10,12-13H,4-7H2,1-3H3. The van der Waals surface area contributed by atoms with E-state index in [4.69, 9.17) is 4.74 Å². The Labute approximate surface area is 91.8 Å². The molecule has 0 saturated carbocycles. The third kappa shape index (κ3) is 4.18. The van der Waals surface area contributed by atoms with Crippen molar-refractivity contribution in [2.24, 2.45) is 0 Å². The minimum Gasteiger partial charge on any atom is -0.462 e. The highest BCUT2D eigenvalue weighted by atomic mass is 16.5. The van der Waals surface area contributed by atoms with E-state index in [0.29, 0.717) is 6.04 Å². The van der Waals surface area contributed by atoms with Crippen LogP contribution >= 0.6 is 0 Å². The number of hydrogen-bond donors (Lipinski definition) is 2. The first-order valence-electron chi connectivity index (χ1n) is 5.74. The number of hydrogen-bond acceptors (Lipinski definition) is 4. The van der Waals surface area contributed by atoms with Gasteiger partial charge in [0.1, 0.15) is 6.04 Å². The lowest BCUT2D eigenvalue weighted by atomic mass is 10.1. The Hall–Kier alpha value is -0.610. The van der Waals surface area contributed by atoms with Gasteiger partial charge in [0, 0.05) is 6.04 Å². The Balaban J connectivity index is 2.26. The summed E-state index contributed by atoms with van der Waals surface area (Å²) in [5.74, 6) is -0.100. The van der Waals surface area contributed by atoms with E-state index in [0.717, 1.165) is 25.8 Å². The molecule has 88 valence electrons. The Bertz CT molecular complexity index is 207. The SMILES string of the molecule is CNCCC1CCC(C(=O)OC(C)C)N1. The molecular formula is C11H22N2O2. The minimum atomic E-state index is -0.100. The number of rotatable bonds is 5. The maximum absolute atomic E-state index is 11.6. The van der Waals surface area contributed by atoms with Gasteiger partial charge in [-0.25, -0.2) is 0 Å². The van der Waals surface area contributed by atoms with Crippen LogP contribution in [0.5, 0.6) is 0 Å². The van der Waals surface area contributed by atoms with E-state index >= 15 is 0 Å². The molecule has 0 amide bonds. The first-order valence-corrected chi connectivity index (χ1v) is 5.74. The van der Waals surface area contributed by atoms with Crippen molar-refractivity contribution in [2.45, 2.75) is 51.3 Å². The monoisotopic (exact) mass is 214 g/mol. The van der Waals surface area contributed by atoms with Crippen molar-refractivity contribution in [3.8, 4) is 0 Å². The summed E-state index contributed by atoms with van der Waals surface area (Å²) in [4.78, 5) is 11.6. The Morgan fingerprint density at radius 1 is 1.53 bits per heavy atom. The molecular weight excluding hydrogens is 192 g/mol. The van der Waals surface area contributed by atoms with E-state index in [1.807, 2.05) is 20.9 Å². The molecule has 1 heterocycles. The average Bonchev–Trinajstić information content (AvgIpc) is 2.62. The van der Waals surface area contributed by atoms with Gasteiger partial charge in [0.05, 0.1) is 6.10 Å². The van der Waals surface area contributed by atoms with Crippen LogP contribution in [0.2, 0.25) is 0 Å². The van der Waals surface area contributed by atoms with Crippen LogP contribution in [0.25, 0.3) is 0 Å². The Morgan fingerprint density at radius 3 is 2.87 bits per heavy atom. The third-order valence-electron chi connectivity index (χ3n) is 2.62. The molecule has 1 saturated heterocycles. The smallest absolute Gasteiger partial charge is 0.323 e. The predicted molar refractivity (Wildman–Crippen MR) is 59.7 cm³/mol. The van der Waals surface area contributed by atoms with E-state index in [9.17, 15) is 4.79 Å². The van der Waals surface area contributed by atoms with Crippen LogP contribution in [-0.4, -0.2) is 37.7 Å². The van der Waals surface area contributed by atoms with Crippen LogP contribution in [-0.2, 0) is 9.53 Å². The summed E-state index contributed by atoms with van der Waals surface area (Å²) in [6.45, 7) is 4.75. The molecule has 1 fully saturated rings. The summed E-state index contributed by atoms with van der Waals surface area (Å²) in [7, 11) is 1.94. The number of esters is 1. The lowest BCUT2D eigenvalue weighted by Gasteiger charge is -2.15. The van der Waals surface area contributed by atoms with Crippen molar-refractivity contribution < 1.29 is 9.53 Å². The van der Waals surface area contributed by atoms with Gasteiger partial charge in [0.15, 0.2) is 0 Å². The Morgan fingerprint density at radius 2 is 2.27 bits per heavy atom. The number of carbonyl (C=O) groups excluding carboxylic acids is 1. The van der Waals surface area contributed by atoms with E-state index in [-0.39, 0.29) is 18.1 Å². The van der Waals surface area contributed by atoms with E-state index in [2.05, 4.69) is 10.6 Å². The van der Waals surface area contributed by atoms with Gasteiger partial charge in [-0.1, -0.05) is 0 Å². The maximum Gasteiger partial charge on any atom is 0.323 e. The molecule has 0 bridgehead atoms. The molecule has 1 aliphatic rings. The number of ether oxygens (including phenoxy) is 1. The zero-order chi connectivity index (χ0) is 11.3. The van der Waals surface area contributed by atoms with Crippen LogP contribution in [0.4, 0.5) is 0 Å². The normalized spacial score (nSPS) is 25.9. The second kappa shape index (κ2) is 6.08. The van der Waals surface area contributed by atoms with Gasteiger partial charge >= 0.3 is 5.97 Å². The fourth-order valence-electron chi connectivity index (χ4n) is 1.87. The highest BCUT2D eigenvalue weighted by molar-refractivity contribution is 5.76. The third-order valence-corrected chi connectivity index (χ3v) is 2.62. The van der Waals surface area contributed by atoms with Crippen LogP contribution in [0, 0.1) is 0 Å². The van der Waals surface area contributed by atoms with Crippen LogP contribution in [0.3, 0.4) is 0 Å². The summed E-state index contributed by atoms with van der Waals surface area (Å²) in [6.07, 6.45) is 3.03. The molecule has 0 aromatic heterocycles. The molecule has 0 spiro atoms. The molecule has 1 rings (SSSR count). The van der Waals surface area contributed by atoms with Crippen molar-refractivity contribution >= 4 is 5.97 Å². The summed E-state index contributed by atoms with van der Waals surface area (Å²) in [5.41, 5.74) is 0. The molecule has 4 nitrogen and oxygen atoms in total. The van der Waals surface area contributed by atoms with E-state index in [1.54, 1.807) is 0 Å². The van der Waals surface area contributed by atoms with Gasteiger partial charge in [0.2, 0.25) is 0 Å². The van der Waals surface area contributed by atoms with Crippen molar-refractivity contribution in [1.82, 2.24) is 10.6 Å². The van der Waals surface area contributed by atoms with Gasteiger partial charge in [-0.3, -0.25) is 4.79 Å². The molecule has 2 unspecified atom stereocenters. The summed E-state index contributed by atoms with van der Waals surface area (Å²) in [5, 5.41) is 6.43. The van der Waals surface area contributed by atoms with Gasteiger partial charge < -0.3 is 15.4 Å². The first-order chi connectivity index (χ1) is 7.13. The molecule has 4 heteroatoms.